The van der Waals surface area contributed by atoms with Gasteiger partial charge in [0.25, 0.3) is 0 Å². The molecular formula is C14H22. The van der Waals surface area contributed by atoms with Crippen LogP contribution in [0, 0.1) is 16.7 Å². The van der Waals surface area contributed by atoms with Gasteiger partial charge < -0.3 is 0 Å². The monoisotopic (exact) mass is 190 g/mol. The third kappa shape index (κ3) is 1.36. The van der Waals surface area contributed by atoms with E-state index in [1.807, 2.05) is 0 Å². The van der Waals surface area contributed by atoms with E-state index in [4.69, 9.17) is 0 Å². The quantitative estimate of drug-likeness (QED) is 0.577. The van der Waals surface area contributed by atoms with Crippen LogP contribution in [0.4, 0.5) is 0 Å². The summed E-state index contributed by atoms with van der Waals surface area (Å²) >= 11 is 0. The third-order valence-electron chi connectivity index (χ3n) is 4.38. The van der Waals surface area contributed by atoms with Crippen molar-refractivity contribution in [2.75, 3.05) is 0 Å². The lowest BCUT2D eigenvalue weighted by Crippen LogP contribution is -2.38. The van der Waals surface area contributed by atoms with Gasteiger partial charge in [-0.1, -0.05) is 57.9 Å². The summed E-state index contributed by atoms with van der Waals surface area (Å²) in [5.41, 5.74) is 0.976. The topological polar surface area (TPSA) is 0 Å². The summed E-state index contributed by atoms with van der Waals surface area (Å²) in [7, 11) is 0. The molecule has 0 N–H and O–H groups in total. The van der Waals surface area contributed by atoms with Crippen molar-refractivity contribution in [3.05, 3.63) is 24.3 Å². The van der Waals surface area contributed by atoms with Gasteiger partial charge in [-0.15, -0.1) is 0 Å². The standard InChI is InChI=1S/C14H22/c1-13(2,3)14(10-6-7-11-14)12-8-4-5-9-12/h4-5,8-9,12H,6-7,10-11H2,1-3H3. The van der Waals surface area contributed by atoms with E-state index in [0.717, 1.165) is 0 Å². The molecule has 0 unspecified atom stereocenters. The fourth-order valence-electron chi connectivity index (χ4n) is 3.39. The van der Waals surface area contributed by atoms with Gasteiger partial charge in [0.15, 0.2) is 0 Å². The Kier molecular flexibility index (Phi) is 2.33. The molecule has 0 heteroatoms. The Morgan fingerprint density at radius 2 is 1.50 bits per heavy atom. The van der Waals surface area contributed by atoms with Crippen LogP contribution in [0.2, 0.25) is 0 Å². The molecule has 0 amide bonds. The Balaban J connectivity index is 2.31. The maximum atomic E-state index is 2.42. The van der Waals surface area contributed by atoms with E-state index in [9.17, 15) is 0 Å². The van der Waals surface area contributed by atoms with Crippen molar-refractivity contribution < 1.29 is 0 Å². The summed E-state index contributed by atoms with van der Waals surface area (Å²) in [4.78, 5) is 0. The minimum Gasteiger partial charge on any atom is -0.0770 e. The third-order valence-corrected chi connectivity index (χ3v) is 4.38. The lowest BCUT2D eigenvalue weighted by Gasteiger charge is -2.45. The smallest absolute Gasteiger partial charge is 0.00143 e. The van der Waals surface area contributed by atoms with Gasteiger partial charge in [-0.25, -0.2) is 0 Å². The van der Waals surface area contributed by atoms with Crippen LogP contribution in [0.5, 0.6) is 0 Å². The summed E-state index contributed by atoms with van der Waals surface area (Å²) in [6.07, 6.45) is 14.9. The van der Waals surface area contributed by atoms with Crippen LogP contribution >= 0.6 is 0 Å². The van der Waals surface area contributed by atoms with Crippen molar-refractivity contribution in [1.29, 1.82) is 0 Å². The van der Waals surface area contributed by atoms with Gasteiger partial charge in [-0.3, -0.25) is 0 Å². The van der Waals surface area contributed by atoms with Crippen molar-refractivity contribution in [2.24, 2.45) is 16.7 Å². The first-order chi connectivity index (χ1) is 6.56. The number of allylic oxidation sites excluding steroid dienone is 4. The maximum absolute atomic E-state index is 2.42. The first kappa shape index (κ1) is 10.0. The van der Waals surface area contributed by atoms with Crippen LogP contribution < -0.4 is 0 Å². The highest BCUT2D eigenvalue weighted by Gasteiger charge is 2.47. The second-order valence-electron chi connectivity index (χ2n) is 5.91. The van der Waals surface area contributed by atoms with Gasteiger partial charge in [0, 0.05) is 5.92 Å². The zero-order valence-corrected chi connectivity index (χ0v) is 9.72. The molecule has 0 heterocycles. The van der Waals surface area contributed by atoms with Crippen molar-refractivity contribution in [1.82, 2.24) is 0 Å². The highest BCUT2D eigenvalue weighted by atomic mass is 14.5. The van der Waals surface area contributed by atoms with Crippen LogP contribution in [0.3, 0.4) is 0 Å². The average molecular weight is 190 g/mol. The Morgan fingerprint density at radius 3 is 1.93 bits per heavy atom. The molecule has 0 atom stereocenters. The van der Waals surface area contributed by atoms with Gasteiger partial charge in [-0.05, 0) is 23.7 Å². The second kappa shape index (κ2) is 3.25. The van der Waals surface area contributed by atoms with Crippen molar-refractivity contribution in [3.63, 3.8) is 0 Å². The van der Waals surface area contributed by atoms with Crippen LogP contribution in [-0.2, 0) is 0 Å². The molecule has 14 heavy (non-hydrogen) atoms. The van der Waals surface area contributed by atoms with Gasteiger partial charge in [0.2, 0.25) is 0 Å². The molecule has 78 valence electrons. The van der Waals surface area contributed by atoms with E-state index in [-0.39, 0.29) is 0 Å². The van der Waals surface area contributed by atoms with Crippen molar-refractivity contribution >= 4 is 0 Å². The van der Waals surface area contributed by atoms with E-state index >= 15 is 0 Å². The molecule has 0 saturated heterocycles. The van der Waals surface area contributed by atoms with E-state index in [2.05, 4.69) is 45.1 Å². The number of hydrogen-bond donors (Lipinski definition) is 0. The average Bonchev–Trinajstić information content (AvgIpc) is 2.74. The first-order valence-corrected chi connectivity index (χ1v) is 5.91. The zero-order chi connectivity index (χ0) is 10.2. The molecule has 1 fully saturated rings. The fourth-order valence-corrected chi connectivity index (χ4v) is 3.39. The number of hydrogen-bond acceptors (Lipinski definition) is 0. The Morgan fingerprint density at radius 1 is 1.00 bits per heavy atom. The summed E-state index contributed by atoms with van der Waals surface area (Å²) in [6, 6.07) is 0. The highest BCUT2D eigenvalue weighted by molar-refractivity contribution is 5.23. The maximum Gasteiger partial charge on any atom is 0.00143 e. The molecule has 0 aromatic carbocycles. The van der Waals surface area contributed by atoms with Crippen molar-refractivity contribution in [3.8, 4) is 0 Å². The van der Waals surface area contributed by atoms with Crippen LogP contribution in [0.15, 0.2) is 24.3 Å². The molecule has 2 aliphatic rings. The largest absolute Gasteiger partial charge is 0.0770 e. The number of rotatable bonds is 1. The minimum absolute atomic E-state index is 0.438. The van der Waals surface area contributed by atoms with Gasteiger partial charge >= 0.3 is 0 Å². The molecular weight excluding hydrogens is 168 g/mol. The Hall–Kier alpha value is -0.520. The van der Waals surface area contributed by atoms with Gasteiger partial charge in [0.1, 0.15) is 0 Å². The lowest BCUT2D eigenvalue weighted by atomic mass is 9.59. The van der Waals surface area contributed by atoms with Gasteiger partial charge in [-0.2, -0.15) is 0 Å². The van der Waals surface area contributed by atoms with Crippen LogP contribution in [0.25, 0.3) is 0 Å². The first-order valence-electron chi connectivity index (χ1n) is 5.91. The molecule has 1 saturated carbocycles. The minimum atomic E-state index is 0.438. The van der Waals surface area contributed by atoms with E-state index in [1.165, 1.54) is 25.7 Å². The SMILES string of the molecule is CC(C)(C)C1(C2C=CC=C2)CCCC1. The molecule has 0 spiro atoms. The van der Waals surface area contributed by atoms with Crippen LogP contribution in [-0.4, -0.2) is 0 Å². The molecule has 0 nitrogen and oxygen atoms in total. The van der Waals surface area contributed by atoms with Crippen LogP contribution in [0.1, 0.15) is 46.5 Å². The van der Waals surface area contributed by atoms with Crippen molar-refractivity contribution in [2.45, 2.75) is 46.5 Å². The molecule has 0 aromatic rings. The summed E-state index contributed by atoms with van der Waals surface area (Å²) in [6.45, 7) is 7.24. The lowest BCUT2D eigenvalue weighted by molar-refractivity contribution is 0.0637. The predicted molar refractivity (Wildman–Crippen MR) is 62.1 cm³/mol. The molecule has 2 rings (SSSR count). The summed E-state index contributed by atoms with van der Waals surface area (Å²) < 4.78 is 0. The molecule has 0 aliphatic heterocycles. The van der Waals surface area contributed by atoms with E-state index in [1.54, 1.807) is 0 Å². The Bertz CT molecular complexity index is 244. The fraction of sp³-hybridized carbons (Fsp3) is 0.714. The summed E-state index contributed by atoms with van der Waals surface area (Å²) in [5, 5.41) is 0. The molecule has 0 radical (unpaired) electrons. The van der Waals surface area contributed by atoms with E-state index in [0.29, 0.717) is 16.7 Å². The second-order valence-corrected chi connectivity index (χ2v) is 5.91. The zero-order valence-electron chi connectivity index (χ0n) is 9.72. The molecule has 0 aromatic heterocycles. The summed E-state index contributed by atoms with van der Waals surface area (Å²) in [5.74, 6) is 0.699. The van der Waals surface area contributed by atoms with Gasteiger partial charge in [0.05, 0.1) is 0 Å². The Labute approximate surface area is 88.1 Å². The predicted octanol–water partition coefficient (Wildman–Crippen LogP) is 4.34. The molecule has 0 bridgehead atoms. The molecule has 2 aliphatic carbocycles. The highest BCUT2D eigenvalue weighted by Crippen LogP contribution is 2.57. The normalized spacial score (nSPS) is 26.2. The van der Waals surface area contributed by atoms with E-state index < -0.39 is 0 Å².